The molecule has 76 valence electrons. The zero-order valence-corrected chi connectivity index (χ0v) is 9.23. The van der Waals surface area contributed by atoms with Gasteiger partial charge in [-0.1, -0.05) is 0 Å². The van der Waals surface area contributed by atoms with E-state index in [1.165, 1.54) is 0 Å². The van der Waals surface area contributed by atoms with Crippen molar-refractivity contribution in [3.8, 4) is 0 Å². The van der Waals surface area contributed by atoms with Gasteiger partial charge in [0.05, 0.1) is 6.54 Å². The van der Waals surface area contributed by atoms with Crippen molar-refractivity contribution < 1.29 is 4.21 Å². The summed E-state index contributed by atoms with van der Waals surface area (Å²) in [6.45, 7) is 3.86. The second-order valence-corrected chi connectivity index (χ2v) is 4.89. The summed E-state index contributed by atoms with van der Waals surface area (Å²) in [4.78, 5) is 6.37. The van der Waals surface area contributed by atoms with Crippen LogP contribution in [0.25, 0.3) is 0 Å². The molecule has 0 fully saturated rings. The number of aliphatic imine (C=N–C) groups is 1. The van der Waals surface area contributed by atoms with Crippen molar-refractivity contribution in [2.45, 2.75) is 13.0 Å². The van der Waals surface area contributed by atoms with Crippen molar-refractivity contribution in [2.75, 3.05) is 32.1 Å². The average molecular weight is 203 g/mol. The lowest BCUT2D eigenvalue weighted by Crippen LogP contribution is -2.42. The summed E-state index contributed by atoms with van der Waals surface area (Å²) in [5.41, 5.74) is 0. The van der Waals surface area contributed by atoms with Crippen LogP contribution >= 0.6 is 0 Å². The van der Waals surface area contributed by atoms with E-state index < -0.39 is 10.8 Å². The van der Waals surface area contributed by atoms with Gasteiger partial charge in [-0.05, 0) is 6.92 Å². The standard InChI is InChI=1S/C8H17N3OS/c1-7(6-13(3)12)10-8-9-4-5-11(8)2/h7H,4-6H2,1-3H3,(H,9,10). The molecule has 1 aliphatic heterocycles. The first-order valence-corrected chi connectivity index (χ1v) is 6.14. The zero-order valence-electron chi connectivity index (χ0n) is 8.41. The van der Waals surface area contributed by atoms with Crippen molar-refractivity contribution in [1.29, 1.82) is 0 Å². The number of likely N-dealkylation sites (N-methyl/N-ethyl adjacent to an activating group) is 1. The molecule has 5 heteroatoms. The normalized spacial score (nSPS) is 21.2. The Hall–Kier alpha value is -0.580. The minimum absolute atomic E-state index is 0.227. The molecule has 1 aliphatic rings. The Labute approximate surface area is 81.9 Å². The maximum atomic E-state index is 10.9. The van der Waals surface area contributed by atoms with Crippen LogP contribution in [-0.4, -0.2) is 53.3 Å². The molecule has 0 aromatic heterocycles. The molecule has 0 spiro atoms. The van der Waals surface area contributed by atoms with E-state index in [1.807, 2.05) is 14.0 Å². The molecule has 0 aliphatic carbocycles. The van der Waals surface area contributed by atoms with E-state index in [-0.39, 0.29) is 6.04 Å². The second-order valence-electron chi connectivity index (χ2n) is 3.41. The smallest absolute Gasteiger partial charge is 0.194 e. The highest BCUT2D eigenvalue weighted by Gasteiger charge is 2.14. The molecular formula is C8H17N3OS. The van der Waals surface area contributed by atoms with Crippen molar-refractivity contribution >= 4 is 16.8 Å². The third-order valence-electron chi connectivity index (χ3n) is 1.92. The predicted octanol–water partition coefficient (Wildman–Crippen LogP) is -0.356. The van der Waals surface area contributed by atoms with E-state index in [9.17, 15) is 4.21 Å². The van der Waals surface area contributed by atoms with Gasteiger partial charge in [-0.3, -0.25) is 9.20 Å². The molecular weight excluding hydrogens is 186 g/mol. The Morgan fingerprint density at radius 3 is 2.92 bits per heavy atom. The van der Waals surface area contributed by atoms with E-state index >= 15 is 0 Å². The van der Waals surface area contributed by atoms with Gasteiger partial charge < -0.3 is 10.2 Å². The molecule has 0 radical (unpaired) electrons. The van der Waals surface area contributed by atoms with Crippen LogP contribution in [0.2, 0.25) is 0 Å². The maximum absolute atomic E-state index is 10.9. The molecule has 0 saturated heterocycles. The third-order valence-corrected chi connectivity index (χ3v) is 2.89. The third kappa shape index (κ3) is 3.34. The molecule has 1 rings (SSSR count). The average Bonchev–Trinajstić information content (AvgIpc) is 2.34. The Balaban J connectivity index is 2.35. The van der Waals surface area contributed by atoms with Gasteiger partial charge in [0.1, 0.15) is 0 Å². The predicted molar refractivity (Wildman–Crippen MR) is 56.5 cm³/mol. The second kappa shape index (κ2) is 4.60. The summed E-state index contributed by atoms with van der Waals surface area (Å²) >= 11 is 0. The van der Waals surface area contributed by atoms with Crippen LogP contribution in [0.1, 0.15) is 6.92 Å². The summed E-state index contributed by atoms with van der Waals surface area (Å²) in [7, 11) is 1.27. The molecule has 4 nitrogen and oxygen atoms in total. The van der Waals surface area contributed by atoms with Crippen molar-refractivity contribution in [3.63, 3.8) is 0 Å². The number of hydrogen-bond donors (Lipinski definition) is 1. The first-order chi connectivity index (χ1) is 6.09. The Kier molecular flexibility index (Phi) is 3.71. The van der Waals surface area contributed by atoms with Gasteiger partial charge in [-0.2, -0.15) is 0 Å². The van der Waals surface area contributed by atoms with Crippen LogP contribution in [0, 0.1) is 0 Å². The fraction of sp³-hybridized carbons (Fsp3) is 0.875. The lowest BCUT2D eigenvalue weighted by Gasteiger charge is -2.19. The lowest BCUT2D eigenvalue weighted by molar-refractivity contribution is 0.523. The Morgan fingerprint density at radius 1 is 1.77 bits per heavy atom. The Morgan fingerprint density at radius 2 is 2.46 bits per heavy atom. The molecule has 1 heterocycles. The fourth-order valence-electron chi connectivity index (χ4n) is 1.30. The summed E-state index contributed by atoms with van der Waals surface area (Å²) in [5.74, 6) is 1.60. The first-order valence-electron chi connectivity index (χ1n) is 4.41. The number of nitrogens with zero attached hydrogens (tertiary/aromatic N) is 2. The van der Waals surface area contributed by atoms with Gasteiger partial charge in [0.2, 0.25) is 0 Å². The summed E-state index contributed by atoms with van der Waals surface area (Å²) in [5, 5.41) is 3.24. The van der Waals surface area contributed by atoms with E-state index in [0.717, 1.165) is 19.0 Å². The van der Waals surface area contributed by atoms with Crippen molar-refractivity contribution in [3.05, 3.63) is 0 Å². The number of rotatable bonds is 3. The summed E-state index contributed by atoms with van der Waals surface area (Å²) < 4.78 is 10.9. The zero-order chi connectivity index (χ0) is 9.84. The van der Waals surface area contributed by atoms with Gasteiger partial charge in [0.25, 0.3) is 0 Å². The van der Waals surface area contributed by atoms with E-state index in [4.69, 9.17) is 0 Å². The Bertz CT molecular complexity index is 229. The van der Waals surface area contributed by atoms with Crippen LogP contribution in [-0.2, 0) is 10.8 Å². The van der Waals surface area contributed by atoms with Crippen molar-refractivity contribution in [1.82, 2.24) is 10.2 Å². The minimum atomic E-state index is -0.743. The van der Waals surface area contributed by atoms with E-state index in [0.29, 0.717) is 5.75 Å². The molecule has 2 unspecified atom stereocenters. The van der Waals surface area contributed by atoms with Gasteiger partial charge >= 0.3 is 0 Å². The lowest BCUT2D eigenvalue weighted by atomic mass is 10.4. The van der Waals surface area contributed by atoms with E-state index in [1.54, 1.807) is 6.26 Å². The van der Waals surface area contributed by atoms with Crippen molar-refractivity contribution in [2.24, 2.45) is 4.99 Å². The number of nitrogens with one attached hydrogen (secondary N) is 1. The van der Waals surface area contributed by atoms with Gasteiger partial charge in [-0.15, -0.1) is 0 Å². The molecule has 13 heavy (non-hydrogen) atoms. The topological polar surface area (TPSA) is 44.7 Å². The largest absolute Gasteiger partial charge is 0.353 e. The van der Waals surface area contributed by atoms with Gasteiger partial charge in [0, 0.05) is 42.4 Å². The van der Waals surface area contributed by atoms with Crippen LogP contribution in [0.4, 0.5) is 0 Å². The highest BCUT2D eigenvalue weighted by Crippen LogP contribution is 1.97. The van der Waals surface area contributed by atoms with Gasteiger partial charge in [0.15, 0.2) is 5.96 Å². The molecule has 0 saturated carbocycles. The quantitative estimate of drug-likeness (QED) is 0.681. The summed E-state index contributed by atoms with van der Waals surface area (Å²) in [6.07, 6.45) is 1.72. The molecule has 0 bridgehead atoms. The molecule has 1 N–H and O–H groups in total. The van der Waals surface area contributed by atoms with Crippen LogP contribution in [0.15, 0.2) is 4.99 Å². The highest BCUT2D eigenvalue weighted by atomic mass is 32.2. The number of hydrogen-bond acceptors (Lipinski definition) is 4. The van der Waals surface area contributed by atoms with Crippen LogP contribution in [0.5, 0.6) is 0 Å². The fourth-order valence-corrected chi connectivity index (χ4v) is 2.09. The summed E-state index contributed by atoms with van der Waals surface area (Å²) in [6, 6.07) is 0.227. The highest BCUT2D eigenvalue weighted by molar-refractivity contribution is 7.84. The van der Waals surface area contributed by atoms with Crippen LogP contribution in [0.3, 0.4) is 0 Å². The van der Waals surface area contributed by atoms with Crippen LogP contribution < -0.4 is 5.32 Å². The molecule has 2 atom stereocenters. The van der Waals surface area contributed by atoms with Gasteiger partial charge in [-0.25, -0.2) is 0 Å². The monoisotopic (exact) mass is 203 g/mol. The molecule has 0 aromatic rings. The molecule has 0 aromatic carbocycles. The SMILES string of the molecule is CC(CS(C)=O)NC1=NCCN1C. The first kappa shape index (κ1) is 10.5. The van der Waals surface area contributed by atoms with E-state index in [2.05, 4.69) is 15.2 Å². The number of guanidine groups is 1. The molecule has 0 amide bonds. The minimum Gasteiger partial charge on any atom is -0.353 e. The maximum Gasteiger partial charge on any atom is 0.194 e.